The lowest BCUT2D eigenvalue weighted by Gasteiger charge is -2.00. The standard InChI is InChI=1S/C7H13N3OS/c1-5(2)3-12-4-6-8-7(11)10-9-6/h5H,3-4H2,1-2H3,(H2,8,9,10,11). The molecule has 0 aliphatic heterocycles. The molecule has 0 unspecified atom stereocenters. The van der Waals surface area contributed by atoms with Gasteiger partial charge in [-0.2, -0.15) is 16.9 Å². The van der Waals surface area contributed by atoms with Crippen molar-refractivity contribution in [3.05, 3.63) is 16.3 Å². The molecule has 0 saturated carbocycles. The molecule has 1 rings (SSSR count). The Bertz CT molecular complexity index is 278. The summed E-state index contributed by atoms with van der Waals surface area (Å²) in [6, 6.07) is 0. The molecule has 2 N–H and O–H groups in total. The van der Waals surface area contributed by atoms with Crippen LogP contribution in [0.25, 0.3) is 0 Å². The van der Waals surface area contributed by atoms with Gasteiger partial charge in [0.25, 0.3) is 0 Å². The Kier molecular flexibility index (Phi) is 3.40. The monoisotopic (exact) mass is 187 g/mol. The van der Waals surface area contributed by atoms with Crippen molar-refractivity contribution in [2.45, 2.75) is 19.6 Å². The average Bonchev–Trinajstić information content (AvgIpc) is 2.35. The van der Waals surface area contributed by atoms with Crippen molar-refractivity contribution in [3.63, 3.8) is 0 Å². The molecule has 0 bridgehead atoms. The highest BCUT2D eigenvalue weighted by molar-refractivity contribution is 7.98. The van der Waals surface area contributed by atoms with Gasteiger partial charge in [0, 0.05) is 0 Å². The summed E-state index contributed by atoms with van der Waals surface area (Å²) in [4.78, 5) is 13.2. The second kappa shape index (κ2) is 4.35. The van der Waals surface area contributed by atoms with E-state index in [1.165, 1.54) is 0 Å². The smallest absolute Gasteiger partial charge is 0.292 e. The van der Waals surface area contributed by atoms with E-state index in [4.69, 9.17) is 0 Å². The van der Waals surface area contributed by atoms with E-state index in [1.54, 1.807) is 11.8 Å². The van der Waals surface area contributed by atoms with Crippen LogP contribution in [0.15, 0.2) is 4.79 Å². The zero-order chi connectivity index (χ0) is 8.97. The lowest BCUT2D eigenvalue weighted by Crippen LogP contribution is -2.01. The van der Waals surface area contributed by atoms with Gasteiger partial charge in [0.2, 0.25) is 0 Å². The molecule has 1 aromatic rings. The van der Waals surface area contributed by atoms with Crippen molar-refractivity contribution in [2.75, 3.05) is 5.75 Å². The van der Waals surface area contributed by atoms with Crippen LogP contribution >= 0.6 is 11.8 Å². The van der Waals surface area contributed by atoms with Gasteiger partial charge in [-0.1, -0.05) is 13.8 Å². The third-order valence-corrected chi connectivity index (χ3v) is 2.62. The van der Waals surface area contributed by atoms with Crippen LogP contribution in [0.5, 0.6) is 0 Å². The van der Waals surface area contributed by atoms with Crippen molar-refractivity contribution in [1.29, 1.82) is 0 Å². The molecule has 0 aromatic carbocycles. The fourth-order valence-electron chi connectivity index (χ4n) is 0.765. The zero-order valence-corrected chi connectivity index (χ0v) is 8.07. The molecule has 1 heterocycles. The summed E-state index contributed by atoms with van der Waals surface area (Å²) in [6.07, 6.45) is 0. The zero-order valence-electron chi connectivity index (χ0n) is 7.26. The molecule has 0 fully saturated rings. The molecule has 1 aromatic heterocycles. The molecule has 68 valence electrons. The van der Waals surface area contributed by atoms with Crippen LogP contribution in [0.1, 0.15) is 19.7 Å². The summed E-state index contributed by atoms with van der Waals surface area (Å²) < 4.78 is 0. The first kappa shape index (κ1) is 9.38. The Morgan fingerprint density at radius 1 is 1.58 bits per heavy atom. The summed E-state index contributed by atoms with van der Waals surface area (Å²) >= 11 is 1.78. The fraction of sp³-hybridized carbons (Fsp3) is 0.714. The SMILES string of the molecule is CC(C)CSCc1n[nH]c(=O)[nH]1. The molecular weight excluding hydrogens is 174 g/mol. The van der Waals surface area contributed by atoms with E-state index in [0.717, 1.165) is 17.3 Å². The molecule has 0 spiro atoms. The van der Waals surface area contributed by atoms with Gasteiger partial charge in [-0.25, -0.2) is 9.89 Å². The predicted octanol–water partition coefficient (Wildman–Crippen LogP) is 0.987. The molecule has 0 saturated heterocycles. The number of hydrogen-bond acceptors (Lipinski definition) is 3. The molecule has 0 atom stereocenters. The van der Waals surface area contributed by atoms with Crippen LogP contribution in [0.2, 0.25) is 0 Å². The van der Waals surface area contributed by atoms with Crippen LogP contribution < -0.4 is 5.69 Å². The van der Waals surface area contributed by atoms with Gasteiger partial charge in [0.1, 0.15) is 5.82 Å². The number of aromatic amines is 2. The van der Waals surface area contributed by atoms with Gasteiger partial charge in [0.05, 0.1) is 5.75 Å². The summed E-state index contributed by atoms with van der Waals surface area (Å²) in [5.41, 5.74) is -0.227. The third kappa shape index (κ3) is 3.13. The van der Waals surface area contributed by atoms with E-state index in [-0.39, 0.29) is 5.69 Å². The van der Waals surface area contributed by atoms with Gasteiger partial charge in [-0.3, -0.25) is 4.98 Å². The van der Waals surface area contributed by atoms with Crippen molar-refractivity contribution < 1.29 is 0 Å². The first-order valence-corrected chi connectivity index (χ1v) is 5.05. The molecule has 0 amide bonds. The maximum Gasteiger partial charge on any atom is 0.340 e. The lowest BCUT2D eigenvalue weighted by molar-refractivity contribution is 0.750. The maximum absolute atomic E-state index is 10.6. The Morgan fingerprint density at radius 2 is 2.33 bits per heavy atom. The van der Waals surface area contributed by atoms with Gasteiger partial charge in [0.15, 0.2) is 0 Å². The Balaban J connectivity index is 2.29. The second-order valence-corrected chi connectivity index (χ2v) is 4.06. The van der Waals surface area contributed by atoms with Gasteiger partial charge in [-0.05, 0) is 11.7 Å². The number of rotatable bonds is 4. The van der Waals surface area contributed by atoms with E-state index in [2.05, 4.69) is 29.0 Å². The predicted molar refractivity (Wildman–Crippen MR) is 50.2 cm³/mol. The maximum atomic E-state index is 10.6. The first-order valence-electron chi connectivity index (χ1n) is 3.90. The number of nitrogens with one attached hydrogen (secondary N) is 2. The van der Waals surface area contributed by atoms with Crippen molar-refractivity contribution >= 4 is 11.8 Å². The molecule has 5 heteroatoms. The van der Waals surface area contributed by atoms with E-state index in [9.17, 15) is 4.79 Å². The molecule has 0 aliphatic rings. The highest BCUT2D eigenvalue weighted by Gasteiger charge is 1.99. The molecule has 0 aliphatic carbocycles. The number of aromatic nitrogens is 3. The first-order chi connectivity index (χ1) is 5.68. The summed E-state index contributed by atoms with van der Waals surface area (Å²) in [7, 11) is 0. The van der Waals surface area contributed by atoms with Crippen LogP contribution in [0, 0.1) is 5.92 Å². The van der Waals surface area contributed by atoms with Crippen molar-refractivity contribution in [3.8, 4) is 0 Å². The fourth-order valence-corrected chi connectivity index (χ4v) is 1.68. The van der Waals surface area contributed by atoms with Gasteiger partial charge < -0.3 is 0 Å². The Hall–Kier alpha value is -0.710. The van der Waals surface area contributed by atoms with Crippen LogP contribution in [0.3, 0.4) is 0 Å². The number of thioether (sulfide) groups is 1. The molecular formula is C7H13N3OS. The van der Waals surface area contributed by atoms with Gasteiger partial charge in [-0.15, -0.1) is 0 Å². The quantitative estimate of drug-likeness (QED) is 0.738. The van der Waals surface area contributed by atoms with Crippen molar-refractivity contribution in [2.24, 2.45) is 5.92 Å². The summed E-state index contributed by atoms with van der Waals surface area (Å²) in [5.74, 6) is 3.28. The normalized spacial score (nSPS) is 10.9. The van der Waals surface area contributed by atoms with Crippen LogP contribution in [-0.2, 0) is 5.75 Å². The second-order valence-electron chi connectivity index (χ2n) is 3.03. The van der Waals surface area contributed by atoms with Crippen LogP contribution in [0.4, 0.5) is 0 Å². The minimum Gasteiger partial charge on any atom is -0.292 e. The Labute approximate surface area is 75.2 Å². The van der Waals surface area contributed by atoms with E-state index < -0.39 is 0 Å². The van der Waals surface area contributed by atoms with Crippen molar-refractivity contribution in [1.82, 2.24) is 15.2 Å². The molecule has 4 nitrogen and oxygen atoms in total. The van der Waals surface area contributed by atoms with E-state index in [1.807, 2.05) is 0 Å². The van der Waals surface area contributed by atoms with E-state index in [0.29, 0.717) is 5.92 Å². The number of H-pyrrole nitrogens is 2. The number of hydrogen-bond donors (Lipinski definition) is 2. The highest BCUT2D eigenvalue weighted by Crippen LogP contribution is 2.10. The number of nitrogens with zero attached hydrogens (tertiary/aromatic N) is 1. The van der Waals surface area contributed by atoms with E-state index >= 15 is 0 Å². The Morgan fingerprint density at radius 3 is 2.83 bits per heavy atom. The third-order valence-electron chi connectivity index (χ3n) is 1.24. The van der Waals surface area contributed by atoms with Gasteiger partial charge >= 0.3 is 5.69 Å². The summed E-state index contributed by atoms with van der Waals surface area (Å²) in [6.45, 7) is 4.33. The minimum absolute atomic E-state index is 0.227. The highest BCUT2D eigenvalue weighted by atomic mass is 32.2. The average molecular weight is 187 g/mol. The minimum atomic E-state index is -0.227. The molecule has 0 radical (unpaired) electrons. The lowest BCUT2D eigenvalue weighted by atomic mass is 10.3. The van der Waals surface area contributed by atoms with Crippen LogP contribution in [-0.4, -0.2) is 20.9 Å². The molecule has 12 heavy (non-hydrogen) atoms. The largest absolute Gasteiger partial charge is 0.340 e. The summed E-state index contributed by atoms with van der Waals surface area (Å²) in [5, 5.41) is 6.13. The topological polar surface area (TPSA) is 61.5 Å².